The van der Waals surface area contributed by atoms with Crippen molar-refractivity contribution in [3.63, 3.8) is 0 Å². The number of esters is 1. The molecule has 0 aliphatic carbocycles. The van der Waals surface area contributed by atoms with Crippen molar-refractivity contribution >= 4 is 23.4 Å². The van der Waals surface area contributed by atoms with E-state index in [-0.39, 0.29) is 13.0 Å². The van der Waals surface area contributed by atoms with Gasteiger partial charge in [-0.25, -0.2) is 4.79 Å². The Morgan fingerprint density at radius 1 is 1.26 bits per heavy atom. The summed E-state index contributed by atoms with van der Waals surface area (Å²) in [6.07, 6.45) is 0.284. The summed E-state index contributed by atoms with van der Waals surface area (Å²) in [5.41, 5.74) is 1.05. The third kappa shape index (κ3) is 5.85. The minimum atomic E-state index is -0.894. The molecule has 0 aromatic heterocycles. The molecule has 0 spiro atoms. The molecule has 0 heterocycles. The maximum Gasteiger partial charge on any atom is 0.376 e. The number of hydrogen-bond acceptors (Lipinski definition) is 4. The standard InChI is InChI=1S/C14H17ClO4/c1-2-19-14(17)13(16)12(15)8-9-18-10-11-6-4-3-5-7-11/h3-7,12H,2,8-10H2,1H3. The zero-order chi connectivity index (χ0) is 14.1. The Bertz CT molecular complexity index is 405. The van der Waals surface area contributed by atoms with Gasteiger partial charge in [0.05, 0.1) is 13.2 Å². The summed E-state index contributed by atoms with van der Waals surface area (Å²) in [7, 11) is 0. The van der Waals surface area contributed by atoms with Crippen LogP contribution in [0, 0.1) is 0 Å². The molecule has 0 aliphatic rings. The van der Waals surface area contributed by atoms with Gasteiger partial charge < -0.3 is 9.47 Å². The lowest BCUT2D eigenvalue weighted by molar-refractivity contribution is -0.153. The van der Waals surface area contributed by atoms with E-state index < -0.39 is 17.1 Å². The van der Waals surface area contributed by atoms with Crippen molar-refractivity contribution in [2.45, 2.75) is 25.3 Å². The van der Waals surface area contributed by atoms with Crippen LogP contribution < -0.4 is 0 Å². The highest BCUT2D eigenvalue weighted by atomic mass is 35.5. The number of carbonyl (C=O) groups is 2. The molecule has 1 aromatic carbocycles. The summed E-state index contributed by atoms with van der Waals surface area (Å²) in [5, 5.41) is -0.894. The molecule has 1 unspecified atom stereocenters. The van der Waals surface area contributed by atoms with Crippen molar-refractivity contribution in [3.8, 4) is 0 Å². The second-order valence-corrected chi connectivity index (χ2v) is 4.41. The molecule has 0 radical (unpaired) electrons. The molecule has 0 aliphatic heterocycles. The molecule has 0 N–H and O–H groups in total. The normalized spacial score (nSPS) is 11.9. The van der Waals surface area contributed by atoms with E-state index in [0.29, 0.717) is 13.2 Å². The third-order valence-electron chi connectivity index (χ3n) is 2.39. The van der Waals surface area contributed by atoms with Crippen LogP contribution in [0.25, 0.3) is 0 Å². The largest absolute Gasteiger partial charge is 0.460 e. The van der Waals surface area contributed by atoms with Crippen molar-refractivity contribution in [1.82, 2.24) is 0 Å². The lowest BCUT2D eigenvalue weighted by Crippen LogP contribution is -2.27. The van der Waals surface area contributed by atoms with Gasteiger partial charge in [-0.15, -0.1) is 11.6 Å². The van der Waals surface area contributed by atoms with Gasteiger partial charge in [-0.2, -0.15) is 0 Å². The number of ketones is 1. The number of alkyl halides is 1. The first-order valence-corrected chi connectivity index (χ1v) is 6.55. The van der Waals surface area contributed by atoms with Crippen molar-refractivity contribution in [1.29, 1.82) is 0 Å². The second-order valence-electron chi connectivity index (χ2n) is 3.88. The van der Waals surface area contributed by atoms with Crippen LogP contribution in [-0.4, -0.2) is 30.3 Å². The number of rotatable bonds is 8. The third-order valence-corrected chi connectivity index (χ3v) is 2.80. The fourth-order valence-electron chi connectivity index (χ4n) is 1.41. The Hall–Kier alpha value is -1.39. The smallest absolute Gasteiger partial charge is 0.376 e. The number of Topliss-reactive ketones (excluding diaryl/α,β-unsaturated/α-hetero) is 1. The SMILES string of the molecule is CCOC(=O)C(=O)C(Cl)CCOCc1ccccc1. The molecule has 19 heavy (non-hydrogen) atoms. The van der Waals surface area contributed by atoms with Crippen molar-refractivity contribution in [2.24, 2.45) is 0 Å². The molecule has 0 saturated heterocycles. The fraction of sp³-hybridized carbons (Fsp3) is 0.429. The first kappa shape index (κ1) is 15.7. The van der Waals surface area contributed by atoms with Crippen LogP contribution in [0.2, 0.25) is 0 Å². The van der Waals surface area contributed by atoms with Gasteiger partial charge in [0.1, 0.15) is 5.38 Å². The molecule has 0 fully saturated rings. The van der Waals surface area contributed by atoms with Crippen molar-refractivity contribution in [3.05, 3.63) is 35.9 Å². The van der Waals surface area contributed by atoms with E-state index in [4.69, 9.17) is 16.3 Å². The van der Waals surface area contributed by atoms with E-state index in [0.717, 1.165) is 5.56 Å². The second kappa shape index (κ2) is 8.67. The first-order valence-electron chi connectivity index (χ1n) is 6.11. The molecule has 1 atom stereocenters. The summed E-state index contributed by atoms with van der Waals surface area (Å²) < 4.78 is 9.98. The summed E-state index contributed by atoms with van der Waals surface area (Å²) >= 11 is 5.81. The van der Waals surface area contributed by atoms with Gasteiger partial charge >= 0.3 is 5.97 Å². The zero-order valence-corrected chi connectivity index (χ0v) is 11.6. The molecule has 0 amide bonds. The van der Waals surface area contributed by atoms with Crippen LogP contribution in [0.5, 0.6) is 0 Å². The molecule has 0 bridgehead atoms. The minimum Gasteiger partial charge on any atom is -0.460 e. The van der Waals surface area contributed by atoms with Gasteiger partial charge in [-0.3, -0.25) is 4.79 Å². The molecular weight excluding hydrogens is 268 g/mol. The lowest BCUT2D eigenvalue weighted by Gasteiger charge is -2.08. The predicted molar refractivity (Wildman–Crippen MR) is 72.0 cm³/mol. The number of ether oxygens (including phenoxy) is 2. The van der Waals surface area contributed by atoms with E-state index in [1.165, 1.54) is 0 Å². The van der Waals surface area contributed by atoms with E-state index in [1.54, 1.807) is 6.92 Å². The van der Waals surface area contributed by atoms with E-state index >= 15 is 0 Å². The highest BCUT2D eigenvalue weighted by Crippen LogP contribution is 2.07. The zero-order valence-electron chi connectivity index (χ0n) is 10.8. The first-order chi connectivity index (χ1) is 9.15. The van der Waals surface area contributed by atoms with Crippen LogP contribution >= 0.6 is 11.6 Å². The molecule has 0 saturated carbocycles. The Kier molecular flexibility index (Phi) is 7.15. The van der Waals surface area contributed by atoms with E-state index in [1.807, 2.05) is 30.3 Å². The number of carbonyl (C=O) groups excluding carboxylic acids is 2. The monoisotopic (exact) mass is 284 g/mol. The fourth-order valence-corrected chi connectivity index (χ4v) is 1.59. The van der Waals surface area contributed by atoms with Gasteiger partial charge in [0.2, 0.25) is 0 Å². The Balaban J connectivity index is 2.22. The average molecular weight is 285 g/mol. The maximum absolute atomic E-state index is 11.4. The van der Waals surface area contributed by atoms with Crippen LogP contribution in [0.15, 0.2) is 30.3 Å². The van der Waals surface area contributed by atoms with Gasteiger partial charge in [0.15, 0.2) is 0 Å². The maximum atomic E-state index is 11.4. The molecular formula is C14H17ClO4. The van der Waals surface area contributed by atoms with Gasteiger partial charge in [0.25, 0.3) is 5.78 Å². The van der Waals surface area contributed by atoms with Crippen LogP contribution in [0.4, 0.5) is 0 Å². The number of hydrogen-bond donors (Lipinski definition) is 0. The molecule has 4 nitrogen and oxygen atoms in total. The van der Waals surface area contributed by atoms with Gasteiger partial charge in [-0.1, -0.05) is 30.3 Å². The Morgan fingerprint density at radius 2 is 1.95 bits per heavy atom. The van der Waals surface area contributed by atoms with Gasteiger partial charge in [0, 0.05) is 6.61 Å². The molecule has 104 valence electrons. The average Bonchev–Trinajstić information content (AvgIpc) is 2.44. The van der Waals surface area contributed by atoms with E-state index in [9.17, 15) is 9.59 Å². The van der Waals surface area contributed by atoms with E-state index in [2.05, 4.69) is 4.74 Å². The quantitative estimate of drug-likeness (QED) is 0.318. The Morgan fingerprint density at radius 3 is 2.58 bits per heavy atom. The minimum absolute atomic E-state index is 0.165. The summed E-state index contributed by atoms with van der Waals surface area (Å²) in [6, 6.07) is 9.67. The molecule has 1 aromatic rings. The Labute approximate surface area is 117 Å². The predicted octanol–water partition coefficient (Wildman–Crippen LogP) is 2.33. The van der Waals surface area contributed by atoms with Crippen LogP contribution in [-0.2, 0) is 25.7 Å². The topological polar surface area (TPSA) is 52.6 Å². The van der Waals surface area contributed by atoms with Gasteiger partial charge in [-0.05, 0) is 18.9 Å². The van der Waals surface area contributed by atoms with Crippen molar-refractivity contribution in [2.75, 3.05) is 13.2 Å². The van der Waals surface area contributed by atoms with Crippen LogP contribution in [0.3, 0.4) is 0 Å². The highest BCUT2D eigenvalue weighted by Gasteiger charge is 2.24. The molecule has 1 rings (SSSR count). The van der Waals surface area contributed by atoms with Crippen molar-refractivity contribution < 1.29 is 19.1 Å². The summed E-state index contributed by atoms with van der Waals surface area (Å²) in [6.45, 7) is 2.57. The lowest BCUT2D eigenvalue weighted by atomic mass is 10.2. The van der Waals surface area contributed by atoms with Crippen LogP contribution in [0.1, 0.15) is 18.9 Å². The number of benzene rings is 1. The summed E-state index contributed by atoms with van der Waals surface area (Å²) in [4.78, 5) is 22.6. The molecule has 5 heteroatoms. The number of halogens is 1. The highest BCUT2D eigenvalue weighted by molar-refractivity contribution is 6.47. The summed E-state index contributed by atoms with van der Waals surface area (Å²) in [5.74, 6) is -1.60.